The molecule has 7 nitrogen and oxygen atoms in total. The molecule has 1 saturated carbocycles. The van der Waals surface area contributed by atoms with Gasteiger partial charge in [0, 0.05) is 32.1 Å². The third kappa shape index (κ3) is 5.28. The molecule has 23 heavy (non-hydrogen) atoms. The lowest BCUT2D eigenvalue weighted by atomic mass is 9.95. The van der Waals surface area contributed by atoms with Crippen molar-refractivity contribution in [2.75, 3.05) is 26.2 Å². The number of amides is 1. The van der Waals surface area contributed by atoms with E-state index in [1.165, 1.54) is 25.6 Å². The van der Waals surface area contributed by atoms with Crippen molar-refractivity contribution >= 4 is 5.91 Å². The summed E-state index contributed by atoms with van der Waals surface area (Å²) >= 11 is 0. The van der Waals surface area contributed by atoms with E-state index in [4.69, 9.17) is 4.74 Å². The Balaban J connectivity index is 1.36. The minimum atomic E-state index is 0.117. The summed E-state index contributed by atoms with van der Waals surface area (Å²) in [5.41, 5.74) is 0. The summed E-state index contributed by atoms with van der Waals surface area (Å²) in [5.74, 6) is 0.191. The second-order valence-electron chi connectivity index (χ2n) is 6.56. The van der Waals surface area contributed by atoms with Gasteiger partial charge in [-0.3, -0.25) is 14.4 Å². The van der Waals surface area contributed by atoms with Gasteiger partial charge >= 0.3 is 0 Å². The highest BCUT2D eigenvalue weighted by atomic mass is 16.5. The molecule has 1 aromatic rings. The SMILES string of the molecule is O=C(CCN1CCOC(Cn2cncn2)C1)NC1CCCCC1. The summed E-state index contributed by atoms with van der Waals surface area (Å²) in [7, 11) is 0. The van der Waals surface area contributed by atoms with Crippen LogP contribution >= 0.6 is 0 Å². The number of nitrogens with one attached hydrogen (secondary N) is 1. The molecule has 3 rings (SSSR count). The molecule has 1 aromatic heterocycles. The van der Waals surface area contributed by atoms with Crippen molar-refractivity contribution in [3.8, 4) is 0 Å². The first-order valence-electron chi connectivity index (χ1n) is 8.75. The lowest BCUT2D eigenvalue weighted by Gasteiger charge is -2.32. The van der Waals surface area contributed by atoms with Crippen LogP contribution < -0.4 is 5.32 Å². The standard InChI is InChI=1S/C16H27N5O2/c22-16(19-14-4-2-1-3-5-14)6-7-20-8-9-23-15(10-20)11-21-13-17-12-18-21/h12-15H,1-11H2,(H,19,22). The number of aromatic nitrogens is 3. The van der Waals surface area contributed by atoms with Crippen LogP contribution in [0, 0.1) is 0 Å². The van der Waals surface area contributed by atoms with Crippen molar-refractivity contribution in [2.45, 2.75) is 57.2 Å². The molecule has 0 aromatic carbocycles. The largest absolute Gasteiger partial charge is 0.374 e. The molecule has 1 aliphatic carbocycles. The Bertz CT molecular complexity index is 473. The molecule has 2 heterocycles. The van der Waals surface area contributed by atoms with Crippen LogP contribution in [0.1, 0.15) is 38.5 Å². The molecule has 1 amide bonds. The van der Waals surface area contributed by atoms with Gasteiger partial charge in [-0.15, -0.1) is 0 Å². The van der Waals surface area contributed by atoms with Crippen LogP contribution in [0.25, 0.3) is 0 Å². The Morgan fingerprint density at radius 3 is 2.96 bits per heavy atom. The van der Waals surface area contributed by atoms with E-state index >= 15 is 0 Å². The smallest absolute Gasteiger partial charge is 0.221 e. The molecular formula is C16H27N5O2. The number of carbonyl (C=O) groups excluding carboxylic acids is 1. The lowest BCUT2D eigenvalue weighted by molar-refractivity contribution is -0.122. The monoisotopic (exact) mass is 321 g/mol. The Kier molecular flexibility index (Phi) is 5.99. The van der Waals surface area contributed by atoms with Gasteiger partial charge in [0.25, 0.3) is 0 Å². The number of rotatable bonds is 6. The molecule has 0 spiro atoms. The summed E-state index contributed by atoms with van der Waals surface area (Å²) in [6.45, 7) is 3.96. The van der Waals surface area contributed by atoms with Gasteiger partial charge in [0.05, 0.1) is 19.3 Å². The lowest BCUT2D eigenvalue weighted by Crippen LogP contribution is -2.46. The van der Waals surface area contributed by atoms with Gasteiger partial charge in [0.2, 0.25) is 5.91 Å². The van der Waals surface area contributed by atoms with Crippen molar-refractivity contribution in [3.05, 3.63) is 12.7 Å². The maximum absolute atomic E-state index is 12.1. The zero-order valence-corrected chi connectivity index (χ0v) is 13.7. The number of hydrogen-bond donors (Lipinski definition) is 1. The number of morpholine rings is 1. The van der Waals surface area contributed by atoms with Crippen molar-refractivity contribution in [1.82, 2.24) is 25.0 Å². The van der Waals surface area contributed by atoms with Gasteiger partial charge in [-0.25, -0.2) is 4.98 Å². The predicted molar refractivity (Wildman–Crippen MR) is 85.8 cm³/mol. The van der Waals surface area contributed by atoms with Crippen LogP contribution in [0.15, 0.2) is 12.7 Å². The fourth-order valence-corrected chi connectivity index (χ4v) is 3.44. The van der Waals surface area contributed by atoms with Gasteiger partial charge in [-0.2, -0.15) is 5.10 Å². The first-order chi connectivity index (χ1) is 11.3. The maximum atomic E-state index is 12.1. The van der Waals surface area contributed by atoms with E-state index in [0.717, 1.165) is 32.5 Å². The van der Waals surface area contributed by atoms with Gasteiger partial charge < -0.3 is 10.1 Å². The average molecular weight is 321 g/mol. The zero-order valence-electron chi connectivity index (χ0n) is 13.7. The molecule has 1 atom stereocenters. The summed E-state index contributed by atoms with van der Waals surface area (Å²) in [4.78, 5) is 18.4. The van der Waals surface area contributed by atoms with E-state index in [1.54, 1.807) is 11.0 Å². The molecular weight excluding hydrogens is 294 g/mol. The minimum Gasteiger partial charge on any atom is -0.374 e. The second-order valence-corrected chi connectivity index (χ2v) is 6.56. The van der Waals surface area contributed by atoms with Gasteiger partial charge in [0.1, 0.15) is 12.7 Å². The summed E-state index contributed by atoms with van der Waals surface area (Å²) in [5, 5.41) is 7.30. The van der Waals surface area contributed by atoms with Gasteiger partial charge in [-0.05, 0) is 12.8 Å². The summed E-state index contributed by atoms with van der Waals surface area (Å²) < 4.78 is 7.57. The molecule has 1 N–H and O–H groups in total. The van der Waals surface area contributed by atoms with E-state index in [1.807, 2.05) is 0 Å². The maximum Gasteiger partial charge on any atom is 0.221 e. The average Bonchev–Trinajstić information content (AvgIpc) is 3.07. The third-order valence-electron chi connectivity index (χ3n) is 4.71. The number of carbonyl (C=O) groups is 1. The van der Waals surface area contributed by atoms with Crippen LogP contribution in [-0.4, -0.2) is 64.0 Å². The molecule has 7 heteroatoms. The highest BCUT2D eigenvalue weighted by Gasteiger charge is 2.22. The van der Waals surface area contributed by atoms with Crippen molar-refractivity contribution < 1.29 is 9.53 Å². The number of hydrogen-bond acceptors (Lipinski definition) is 5. The summed E-state index contributed by atoms with van der Waals surface area (Å²) in [6.07, 6.45) is 10.0. The normalized spacial score (nSPS) is 23.7. The summed E-state index contributed by atoms with van der Waals surface area (Å²) in [6, 6.07) is 0.404. The molecule has 1 unspecified atom stereocenters. The van der Waals surface area contributed by atoms with E-state index in [0.29, 0.717) is 25.6 Å². The molecule has 2 aliphatic rings. The van der Waals surface area contributed by atoms with Gasteiger partial charge in [-0.1, -0.05) is 19.3 Å². The number of nitrogens with zero attached hydrogens (tertiary/aromatic N) is 4. The molecule has 2 fully saturated rings. The first kappa shape index (κ1) is 16.4. The van der Waals surface area contributed by atoms with E-state index in [-0.39, 0.29) is 12.0 Å². The predicted octanol–water partition coefficient (Wildman–Crippen LogP) is 0.818. The van der Waals surface area contributed by atoms with Crippen LogP contribution in [0.2, 0.25) is 0 Å². The fourth-order valence-electron chi connectivity index (χ4n) is 3.44. The third-order valence-corrected chi connectivity index (χ3v) is 4.71. The van der Waals surface area contributed by atoms with Crippen molar-refractivity contribution in [3.63, 3.8) is 0 Å². The van der Waals surface area contributed by atoms with E-state index < -0.39 is 0 Å². The highest BCUT2D eigenvalue weighted by Crippen LogP contribution is 2.17. The first-order valence-corrected chi connectivity index (χ1v) is 8.75. The second kappa shape index (κ2) is 8.40. The Labute approximate surface area is 137 Å². The Morgan fingerprint density at radius 2 is 2.17 bits per heavy atom. The quantitative estimate of drug-likeness (QED) is 0.840. The topological polar surface area (TPSA) is 72.3 Å². The fraction of sp³-hybridized carbons (Fsp3) is 0.812. The molecule has 0 radical (unpaired) electrons. The minimum absolute atomic E-state index is 0.117. The van der Waals surface area contributed by atoms with Gasteiger partial charge in [0.15, 0.2) is 0 Å². The number of ether oxygens (including phenoxy) is 1. The van der Waals surface area contributed by atoms with Crippen LogP contribution in [-0.2, 0) is 16.1 Å². The molecule has 1 aliphatic heterocycles. The molecule has 0 bridgehead atoms. The van der Waals surface area contributed by atoms with Crippen molar-refractivity contribution in [2.24, 2.45) is 0 Å². The van der Waals surface area contributed by atoms with E-state index in [2.05, 4.69) is 20.3 Å². The molecule has 1 saturated heterocycles. The van der Waals surface area contributed by atoms with Crippen LogP contribution in [0.4, 0.5) is 0 Å². The molecule has 128 valence electrons. The zero-order chi connectivity index (χ0) is 15.9. The van der Waals surface area contributed by atoms with E-state index in [9.17, 15) is 4.79 Å². The Morgan fingerprint density at radius 1 is 1.30 bits per heavy atom. The van der Waals surface area contributed by atoms with Crippen LogP contribution in [0.5, 0.6) is 0 Å². The van der Waals surface area contributed by atoms with Crippen LogP contribution in [0.3, 0.4) is 0 Å². The Hall–Kier alpha value is -1.47. The highest BCUT2D eigenvalue weighted by molar-refractivity contribution is 5.76. The van der Waals surface area contributed by atoms with Crippen molar-refractivity contribution in [1.29, 1.82) is 0 Å².